The van der Waals surface area contributed by atoms with Crippen LogP contribution in [0.1, 0.15) is 19.2 Å². The zero-order valence-corrected chi connectivity index (χ0v) is 12.6. The molecule has 0 saturated carbocycles. The second kappa shape index (κ2) is 6.13. The summed E-state index contributed by atoms with van der Waals surface area (Å²) in [5, 5.41) is 9.57. The van der Waals surface area contributed by atoms with Crippen molar-refractivity contribution in [3.63, 3.8) is 0 Å². The molecule has 1 atom stereocenters. The third-order valence-electron chi connectivity index (χ3n) is 3.46. The van der Waals surface area contributed by atoms with Crippen molar-refractivity contribution in [2.24, 2.45) is 0 Å². The van der Waals surface area contributed by atoms with Crippen LogP contribution in [0.15, 0.2) is 0 Å². The van der Waals surface area contributed by atoms with Crippen molar-refractivity contribution in [1.82, 2.24) is 19.9 Å². The van der Waals surface area contributed by atoms with E-state index >= 15 is 0 Å². The number of halogens is 1. The highest BCUT2D eigenvalue weighted by Crippen LogP contribution is 2.24. The number of aryl methyl sites for hydroxylation is 1. The van der Waals surface area contributed by atoms with Crippen LogP contribution in [0.25, 0.3) is 11.2 Å². The van der Waals surface area contributed by atoms with Gasteiger partial charge in [-0.05, 0) is 24.9 Å². The number of hydrogen-bond acceptors (Lipinski definition) is 6. The second-order valence-corrected chi connectivity index (χ2v) is 5.52. The molecule has 3 heterocycles. The summed E-state index contributed by atoms with van der Waals surface area (Å²) >= 11 is 6.01. The molecule has 2 N–H and O–H groups in total. The van der Waals surface area contributed by atoms with Gasteiger partial charge in [-0.25, -0.2) is 4.98 Å². The van der Waals surface area contributed by atoms with Crippen LogP contribution in [0.4, 0.5) is 5.82 Å². The Morgan fingerprint density at radius 3 is 2.81 bits per heavy atom. The fourth-order valence-corrected chi connectivity index (χ4v) is 2.53. The van der Waals surface area contributed by atoms with E-state index in [4.69, 9.17) is 16.3 Å². The van der Waals surface area contributed by atoms with E-state index in [1.807, 2.05) is 0 Å². The van der Waals surface area contributed by atoms with E-state index in [2.05, 4.69) is 24.8 Å². The Hall–Kier alpha value is -1.44. The molecular weight excluding hydrogens is 294 g/mol. The third-order valence-corrected chi connectivity index (χ3v) is 3.63. The van der Waals surface area contributed by atoms with E-state index in [-0.39, 0.29) is 11.4 Å². The van der Waals surface area contributed by atoms with Crippen molar-refractivity contribution in [2.75, 3.05) is 31.2 Å². The molecule has 0 aliphatic carbocycles. The first kappa shape index (κ1) is 14.5. The summed E-state index contributed by atoms with van der Waals surface area (Å²) in [5.74, 6) is 1.56. The lowest BCUT2D eigenvalue weighted by molar-refractivity contribution is 0.122. The van der Waals surface area contributed by atoms with Gasteiger partial charge < -0.3 is 19.7 Å². The van der Waals surface area contributed by atoms with Crippen molar-refractivity contribution < 1.29 is 9.84 Å². The molecular formula is C13H18ClN5O2. The van der Waals surface area contributed by atoms with E-state index in [0.29, 0.717) is 31.7 Å². The SMILES string of the molecule is CC(O)CCc1nc2nc(Cl)nc(N3CCOCC3)c2[nH]1. The molecule has 7 nitrogen and oxygen atoms in total. The number of rotatable bonds is 4. The van der Waals surface area contributed by atoms with Gasteiger partial charge in [0.1, 0.15) is 11.3 Å². The molecule has 21 heavy (non-hydrogen) atoms. The molecule has 8 heteroatoms. The molecule has 0 bridgehead atoms. The van der Waals surface area contributed by atoms with Gasteiger partial charge in [0, 0.05) is 19.5 Å². The maximum absolute atomic E-state index is 9.38. The Balaban J connectivity index is 1.94. The van der Waals surface area contributed by atoms with Crippen LogP contribution in [0.2, 0.25) is 5.28 Å². The minimum absolute atomic E-state index is 0.192. The average Bonchev–Trinajstić information content (AvgIpc) is 2.88. The van der Waals surface area contributed by atoms with Crippen LogP contribution < -0.4 is 4.90 Å². The lowest BCUT2D eigenvalue weighted by atomic mass is 10.2. The molecule has 0 radical (unpaired) electrons. The van der Waals surface area contributed by atoms with Gasteiger partial charge in [-0.15, -0.1) is 0 Å². The number of aromatic nitrogens is 4. The number of hydrogen-bond donors (Lipinski definition) is 2. The Morgan fingerprint density at radius 1 is 1.33 bits per heavy atom. The van der Waals surface area contributed by atoms with Gasteiger partial charge in [0.15, 0.2) is 11.5 Å². The molecule has 1 unspecified atom stereocenters. The van der Waals surface area contributed by atoms with E-state index in [0.717, 1.165) is 30.2 Å². The molecule has 1 aliphatic heterocycles. The lowest BCUT2D eigenvalue weighted by Crippen LogP contribution is -2.37. The number of anilines is 1. The summed E-state index contributed by atoms with van der Waals surface area (Å²) in [6.45, 7) is 4.64. The van der Waals surface area contributed by atoms with Crippen molar-refractivity contribution in [1.29, 1.82) is 0 Å². The molecule has 114 valence electrons. The molecule has 2 aromatic heterocycles. The van der Waals surface area contributed by atoms with Crippen LogP contribution in [0.3, 0.4) is 0 Å². The summed E-state index contributed by atoms with van der Waals surface area (Å²) < 4.78 is 5.36. The number of aliphatic hydroxyl groups excluding tert-OH is 1. The van der Waals surface area contributed by atoms with E-state index < -0.39 is 0 Å². The molecule has 2 aromatic rings. The topological polar surface area (TPSA) is 87.2 Å². The van der Waals surface area contributed by atoms with Crippen molar-refractivity contribution in [2.45, 2.75) is 25.9 Å². The van der Waals surface area contributed by atoms with Gasteiger partial charge in [0.25, 0.3) is 0 Å². The number of nitrogens with zero attached hydrogens (tertiary/aromatic N) is 4. The first-order valence-corrected chi connectivity index (χ1v) is 7.44. The summed E-state index contributed by atoms with van der Waals surface area (Å²) in [7, 11) is 0. The number of ether oxygens (including phenoxy) is 1. The van der Waals surface area contributed by atoms with Gasteiger partial charge in [0.2, 0.25) is 5.28 Å². The Kier molecular flexibility index (Phi) is 4.23. The number of imidazole rings is 1. The zero-order chi connectivity index (χ0) is 14.8. The number of aromatic amines is 1. The van der Waals surface area contributed by atoms with Crippen LogP contribution in [0, 0.1) is 0 Å². The number of aliphatic hydroxyl groups is 1. The molecule has 1 aliphatic rings. The van der Waals surface area contributed by atoms with E-state index in [1.54, 1.807) is 6.92 Å². The maximum Gasteiger partial charge on any atom is 0.226 e. The maximum atomic E-state index is 9.38. The van der Waals surface area contributed by atoms with Gasteiger partial charge >= 0.3 is 0 Å². The predicted octanol–water partition coefficient (Wildman–Crippen LogP) is 1.16. The monoisotopic (exact) mass is 311 g/mol. The predicted molar refractivity (Wildman–Crippen MR) is 79.7 cm³/mol. The quantitative estimate of drug-likeness (QED) is 0.824. The van der Waals surface area contributed by atoms with Crippen LogP contribution in [0.5, 0.6) is 0 Å². The Bertz CT molecular complexity index is 624. The van der Waals surface area contributed by atoms with Gasteiger partial charge in [-0.3, -0.25) is 0 Å². The first-order valence-electron chi connectivity index (χ1n) is 7.06. The van der Waals surface area contributed by atoms with Crippen LogP contribution in [-0.4, -0.2) is 57.4 Å². The molecule has 3 rings (SSSR count). The summed E-state index contributed by atoms with van der Waals surface area (Å²) in [6, 6.07) is 0. The zero-order valence-electron chi connectivity index (χ0n) is 11.8. The fraction of sp³-hybridized carbons (Fsp3) is 0.615. The standard InChI is InChI=1S/C13H18ClN5O2/c1-8(20)2-3-9-15-10-11(16-9)17-13(14)18-12(10)19-4-6-21-7-5-19/h8,20H,2-7H2,1H3,(H,15,16,17,18). The van der Waals surface area contributed by atoms with Crippen LogP contribution in [-0.2, 0) is 11.2 Å². The molecule has 0 spiro atoms. The highest BCUT2D eigenvalue weighted by Gasteiger charge is 2.19. The third kappa shape index (κ3) is 3.25. The number of fused-ring (bicyclic) bond motifs is 1. The van der Waals surface area contributed by atoms with Crippen molar-refractivity contribution >= 4 is 28.6 Å². The first-order chi connectivity index (χ1) is 10.1. The Morgan fingerprint density at radius 2 is 2.10 bits per heavy atom. The largest absolute Gasteiger partial charge is 0.393 e. The van der Waals surface area contributed by atoms with E-state index in [1.165, 1.54) is 0 Å². The normalized spacial score (nSPS) is 17.4. The lowest BCUT2D eigenvalue weighted by Gasteiger charge is -2.27. The second-order valence-electron chi connectivity index (χ2n) is 5.19. The summed E-state index contributed by atoms with van der Waals surface area (Å²) in [4.78, 5) is 18.3. The highest BCUT2D eigenvalue weighted by atomic mass is 35.5. The fourth-order valence-electron chi connectivity index (χ4n) is 2.37. The average molecular weight is 312 g/mol. The Labute approximate surface area is 127 Å². The van der Waals surface area contributed by atoms with Crippen LogP contribution >= 0.6 is 11.6 Å². The van der Waals surface area contributed by atoms with Crippen molar-refractivity contribution in [3.8, 4) is 0 Å². The summed E-state index contributed by atoms with van der Waals surface area (Å²) in [5.41, 5.74) is 1.36. The minimum Gasteiger partial charge on any atom is -0.393 e. The smallest absolute Gasteiger partial charge is 0.226 e. The molecule has 1 saturated heterocycles. The number of H-pyrrole nitrogens is 1. The van der Waals surface area contributed by atoms with E-state index in [9.17, 15) is 5.11 Å². The minimum atomic E-state index is -0.355. The van der Waals surface area contributed by atoms with Gasteiger partial charge in [0.05, 0.1) is 19.3 Å². The van der Waals surface area contributed by atoms with Crippen molar-refractivity contribution in [3.05, 3.63) is 11.1 Å². The number of morpholine rings is 1. The molecule has 1 fully saturated rings. The molecule has 0 amide bonds. The highest BCUT2D eigenvalue weighted by molar-refractivity contribution is 6.28. The summed E-state index contributed by atoms with van der Waals surface area (Å²) in [6.07, 6.45) is 0.953. The number of nitrogens with one attached hydrogen (secondary N) is 1. The van der Waals surface area contributed by atoms with Gasteiger partial charge in [-0.1, -0.05) is 0 Å². The van der Waals surface area contributed by atoms with Gasteiger partial charge in [-0.2, -0.15) is 9.97 Å². The molecule has 0 aromatic carbocycles.